The molecule has 0 aliphatic carbocycles. The minimum absolute atomic E-state index is 0.0447. The summed E-state index contributed by atoms with van der Waals surface area (Å²) in [5.41, 5.74) is 17.5. The van der Waals surface area contributed by atoms with Gasteiger partial charge in [-0.3, -0.25) is 9.98 Å². The van der Waals surface area contributed by atoms with Crippen LogP contribution in [0.25, 0.3) is 11.1 Å². The van der Waals surface area contributed by atoms with E-state index >= 15 is 0 Å². The molecule has 0 saturated carbocycles. The van der Waals surface area contributed by atoms with Crippen LogP contribution in [0, 0.1) is 0 Å². The fraction of sp³-hybridized carbons (Fsp3) is 0.0345. The van der Waals surface area contributed by atoms with Crippen molar-refractivity contribution in [3.8, 4) is 22.6 Å². The summed E-state index contributed by atoms with van der Waals surface area (Å²) < 4.78 is 14.7. The molecule has 5 aliphatic rings. The number of nitrogens with zero attached hydrogens (tertiary/aromatic N) is 5. The Morgan fingerprint density at radius 2 is 1.16 bits per heavy atom. The molecule has 7 nitrogen and oxygen atoms in total. The fourth-order valence-corrected chi connectivity index (χ4v) is 12.2. The summed E-state index contributed by atoms with van der Waals surface area (Å²) in [7, 11) is 0. The van der Waals surface area contributed by atoms with Gasteiger partial charge in [-0.1, -0.05) is 97.1 Å². The van der Waals surface area contributed by atoms with E-state index in [1.165, 1.54) is 10.5 Å². The van der Waals surface area contributed by atoms with Gasteiger partial charge in [0, 0.05) is 98.8 Å². The molecule has 14 rings (SSSR count). The highest BCUT2D eigenvalue weighted by molar-refractivity contribution is 8.28. The molecule has 6 heterocycles. The Kier molecular flexibility index (Phi) is 9.10. The van der Waals surface area contributed by atoms with E-state index in [-0.39, 0.29) is 24.9 Å². The molecule has 0 radical (unpaired) electrons. The van der Waals surface area contributed by atoms with Gasteiger partial charge >= 0.3 is 6.92 Å². The molecule has 2 atom stereocenters. The highest BCUT2D eigenvalue weighted by Gasteiger charge is 2.48. The Hall–Kier alpha value is -8.04. The van der Waals surface area contributed by atoms with Crippen LogP contribution >= 0.6 is 11.6 Å². The molecule has 0 fully saturated rings. The third-order valence-electron chi connectivity index (χ3n) is 13.8. The van der Waals surface area contributed by atoms with Crippen molar-refractivity contribution in [3.63, 3.8) is 0 Å². The van der Waals surface area contributed by atoms with Crippen LogP contribution in [0.15, 0.2) is 229 Å². The lowest BCUT2D eigenvalue weighted by molar-refractivity contribution is 0.243. The summed E-state index contributed by atoms with van der Waals surface area (Å²) in [4.78, 5) is 17.7. The lowest BCUT2D eigenvalue weighted by Gasteiger charge is -2.45. The predicted molar refractivity (Wildman–Crippen MR) is 281 cm³/mol. The van der Waals surface area contributed by atoms with Crippen LogP contribution in [0.5, 0.6) is 11.5 Å². The molecule has 0 saturated heterocycles. The molecule has 0 N–H and O–H groups in total. The first kappa shape index (κ1) is 39.2. The van der Waals surface area contributed by atoms with Crippen LogP contribution in [-0.4, -0.2) is 30.2 Å². The van der Waals surface area contributed by atoms with Crippen molar-refractivity contribution in [2.24, 2.45) is 4.99 Å². The summed E-state index contributed by atoms with van der Waals surface area (Å²) in [5.74, 6) is 1.55. The van der Waals surface area contributed by atoms with Crippen LogP contribution in [0.1, 0.15) is 11.5 Å². The van der Waals surface area contributed by atoms with Gasteiger partial charge in [-0.05, 0) is 124 Å². The molecule has 5 aliphatic heterocycles. The highest BCUT2D eigenvalue weighted by atomic mass is 32.2. The fourth-order valence-electron chi connectivity index (χ4n) is 10.9. The summed E-state index contributed by atoms with van der Waals surface area (Å²) in [6.45, 7) is -0.354. The zero-order valence-electron chi connectivity index (χ0n) is 36.6. The van der Waals surface area contributed by atoms with Gasteiger partial charge in [0.05, 0.1) is 11.8 Å². The van der Waals surface area contributed by atoms with E-state index in [0.29, 0.717) is 0 Å². The van der Waals surface area contributed by atoms with Gasteiger partial charge in [-0.15, -0.1) is 0 Å². The Labute approximate surface area is 399 Å². The summed E-state index contributed by atoms with van der Waals surface area (Å²) >= 11 is 1.87. The topological polar surface area (TPSA) is 53.4 Å². The third kappa shape index (κ3) is 6.21. The molecule has 0 bridgehead atoms. The van der Waals surface area contributed by atoms with Crippen molar-refractivity contribution in [1.82, 2.24) is 4.98 Å². The molecule has 0 spiro atoms. The second-order valence-corrected chi connectivity index (χ2v) is 18.8. The number of benzene rings is 8. The Morgan fingerprint density at radius 1 is 0.544 bits per heavy atom. The zero-order chi connectivity index (χ0) is 44.7. The highest BCUT2D eigenvalue weighted by Crippen LogP contribution is 2.50. The SMILES string of the molecule is C1=CC2OB3c4cc5c(cc4N(c4ccccc4)c4cc(N(c6ccccc6)c6ccccc6)cc(c43)C2C=N1)Oc1cc(N(c2ccccc2)c2ccccc2)cc2c1B5Sc1ccncc1-2. The Balaban J connectivity index is 0.996. The standard InChI is InChI=1S/C58H39B2N5O2S/c1-6-16-38(17-7-1)63(39-18-8-2-9-19-39)43-30-45-47-36-61-28-26-53(47)67-59-49-34-50-54(35-51(49)65(52(32-43)57(45)59)42-24-14-5-15-25-42)66-55-33-44(31-46-48-37-62-29-27-56(48)68-60(50)58(46)55)64(40-20-10-3-11-21-40)41-22-12-4-13-23-41/h1-37,47,53H. The first-order valence-electron chi connectivity index (χ1n) is 23.1. The minimum Gasteiger partial charge on any atom is -0.458 e. The number of rotatable bonds is 7. The number of para-hydroxylation sites is 5. The molecule has 68 heavy (non-hydrogen) atoms. The van der Waals surface area contributed by atoms with E-state index < -0.39 is 0 Å². The summed E-state index contributed by atoms with van der Waals surface area (Å²) in [6, 6.07) is 69.2. The van der Waals surface area contributed by atoms with Gasteiger partial charge in [0.1, 0.15) is 11.5 Å². The first-order chi connectivity index (χ1) is 33.7. The van der Waals surface area contributed by atoms with Crippen LogP contribution < -0.4 is 41.3 Å². The van der Waals surface area contributed by atoms with Gasteiger partial charge in [-0.25, -0.2) is 0 Å². The van der Waals surface area contributed by atoms with Gasteiger partial charge in [0.15, 0.2) is 0 Å². The number of aromatic nitrogens is 1. The molecule has 0 amide bonds. The molecule has 2 unspecified atom stereocenters. The van der Waals surface area contributed by atoms with Crippen LogP contribution in [0.3, 0.4) is 0 Å². The number of hydrogen-bond acceptors (Lipinski definition) is 8. The van der Waals surface area contributed by atoms with E-state index in [1.54, 1.807) is 0 Å². The average molecular weight is 892 g/mol. The van der Waals surface area contributed by atoms with Crippen LogP contribution in [0.2, 0.25) is 0 Å². The van der Waals surface area contributed by atoms with Gasteiger partial charge in [-0.2, -0.15) is 11.6 Å². The second-order valence-electron chi connectivity index (χ2n) is 17.6. The van der Waals surface area contributed by atoms with Gasteiger partial charge in [0.25, 0.3) is 5.99 Å². The maximum absolute atomic E-state index is 7.35. The van der Waals surface area contributed by atoms with E-state index in [1.807, 2.05) is 30.2 Å². The number of aliphatic imine (C=N–C) groups is 1. The molecule has 8 aromatic carbocycles. The first-order valence-corrected chi connectivity index (χ1v) is 23.9. The molecule has 10 heteroatoms. The van der Waals surface area contributed by atoms with Gasteiger partial charge in [0.2, 0.25) is 0 Å². The largest absolute Gasteiger partial charge is 0.458 e. The van der Waals surface area contributed by atoms with E-state index in [4.69, 9.17) is 14.4 Å². The maximum Gasteiger partial charge on any atom is 0.366 e. The zero-order valence-corrected chi connectivity index (χ0v) is 37.4. The number of pyridine rings is 1. The quantitative estimate of drug-likeness (QED) is 0.148. The minimum atomic E-state index is -0.354. The van der Waals surface area contributed by atoms with Crippen molar-refractivity contribution in [2.45, 2.75) is 16.9 Å². The van der Waals surface area contributed by atoms with Crippen molar-refractivity contribution in [1.29, 1.82) is 0 Å². The number of fused-ring (bicyclic) bond motifs is 8. The van der Waals surface area contributed by atoms with Crippen molar-refractivity contribution >= 4 is 104 Å². The molecule has 320 valence electrons. The summed E-state index contributed by atoms with van der Waals surface area (Å²) in [5, 5.41) is 0. The van der Waals surface area contributed by atoms with E-state index in [9.17, 15) is 0 Å². The molecule has 9 aromatic rings. The predicted octanol–water partition coefficient (Wildman–Crippen LogP) is 12.0. The summed E-state index contributed by atoms with van der Waals surface area (Å²) in [6.07, 6.45) is 9.77. The van der Waals surface area contributed by atoms with Gasteiger partial charge < -0.3 is 24.1 Å². The lowest BCUT2D eigenvalue weighted by Crippen LogP contribution is -2.60. The van der Waals surface area contributed by atoms with Crippen LogP contribution in [0.4, 0.5) is 51.2 Å². The normalized spacial score (nSPS) is 16.3. The van der Waals surface area contributed by atoms with E-state index in [2.05, 4.69) is 226 Å². The third-order valence-corrected chi connectivity index (χ3v) is 15.1. The smallest absolute Gasteiger partial charge is 0.366 e. The number of ether oxygens (including phenoxy) is 1. The van der Waals surface area contributed by atoms with E-state index in [0.717, 1.165) is 95.7 Å². The van der Waals surface area contributed by atoms with Crippen molar-refractivity contribution in [3.05, 3.63) is 224 Å². The van der Waals surface area contributed by atoms with Crippen molar-refractivity contribution < 1.29 is 9.39 Å². The number of anilines is 9. The monoisotopic (exact) mass is 891 g/mol. The number of hydrogen-bond donors (Lipinski definition) is 0. The Bertz CT molecular complexity index is 3410. The average Bonchev–Trinajstić information content (AvgIpc) is 3.40. The van der Waals surface area contributed by atoms with Crippen molar-refractivity contribution in [2.75, 3.05) is 14.7 Å². The van der Waals surface area contributed by atoms with Crippen LogP contribution in [-0.2, 0) is 4.65 Å². The Morgan fingerprint density at radius 3 is 1.81 bits per heavy atom. The molecular formula is C58H39B2N5O2S. The lowest BCUT2D eigenvalue weighted by atomic mass is 9.47. The second kappa shape index (κ2) is 15.8. The molecular weight excluding hydrogens is 852 g/mol. The maximum atomic E-state index is 7.35. The molecule has 1 aromatic heterocycles.